The summed E-state index contributed by atoms with van der Waals surface area (Å²) in [5.41, 5.74) is 4.90. The summed E-state index contributed by atoms with van der Waals surface area (Å²) in [4.78, 5) is 7.05. The molecular formula is C22H23ClN2O2. The van der Waals surface area contributed by atoms with Crippen molar-refractivity contribution in [2.24, 2.45) is 0 Å². The lowest BCUT2D eigenvalue weighted by atomic mass is 10.0. The van der Waals surface area contributed by atoms with Gasteiger partial charge in [0.2, 0.25) is 0 Å². The molecule has 2 heterocycles. The molecule has 0 aliphatic carbocycles. The molecule has 1 aliphatic heterocycles. The zero-order valence-electron chi connectivity index (χ0n) is 15.7. The second-order valence-electron chi connectivity index (χ2n) is 6.86. The molecule has 5 heteroatoms. The molecule has 0 unspecified atom stereocenters. The molecule has 140 valence electrons. The van der Waals surface area contributed by atoms with Gasteiger partial charge in [0, 0.05) is 36.2 Å². The van der Waals surface area contributed by atoms with E-state index in [1.165, 1.54) is 16.7 Å². The molecular weight excluding hydrogens is 360 g/mol. The van der Waals surface area contributed by atoms with E-state index < -0.39 is 0 Å². The summed E-state index contributed by atoms with van der Waals surface area (Å²) < 4.78 is 10.9. The van der Waals surface area contributed by atoms with Gasteiger partial charge in [0.1, 0.15) is 0 Å². The van der Waals surface area contributed by atoms with Crippen LogP contribution in [0.2, 0.25) is 5.02 Å². The van der Waals surface area contributed by atoms with Crippen LogP contribution in [0.5, 0.6) is 11.5 Å². The molecule has 0 saturated heterocycles. The lowest BCUT2D eigenvalue weighted by molar-refractivity contribution is 0.280. The van der Waals surface area contributed by atoms with Crippen LogP contribution >= 0.6 is 11.6 Å². The Labute approximate surface area is 164 Å². The van der Waals surface area contributed by atoms with E-state index in [4.69, 9.17) is 21.1 Å². The molecule has 3 aromatic rings. The van der Waals surface area contributed by atoms with Crippen molar-refractivity contribution in [2.75, 3.05) is 27.3 Å². The number of ether oxygens (including phenoxy) is 2. The van der Waals surface area contributed by atoms with Crippen LogP contribution in [0.4, 0.5) is 0 Å². The molecule has 0 spiro atoms. The average Bonchev–Trinajstić information content (AvgIpc) is 2.91. The number of hydrogen-bond acceptors (Lipinski definition) is 4. The Balaban J connectivity index is 1.57. The zero-order valence-corrected chi connectivity index (χ0v) is 16.4. The summed E-state index contributed by atoms with van der Waals surface area (Å²) in [5, 5.41) is 1.77. The monoisotopic (exact) mass is 382 g/mol. The minimum Gasteiger partial charge on any atom is -0.493 e. The van der Waals surface area contributed by atoms with E-state index in [-0.39, 0.29) is 0 Å². The van der Waals surface area contributed by atoms with Crippen molar-refractivity contribution in [3.63, 3.8) is 0 Å². The van der Waals surface area contributed by atoms with E-state index in [2.05, 4.69) is 28.1 Å². The number of methoxy groups -OCH3 is 2. The van der Waals surface area contributed by atoms with E-state index in [0.717, 1.165) is 59.9 Å². The van der Waals surface area contributed by atoms with Crippen LogP contribution in [0, 0.1) is 0 Å². The number of benzene rings is 2. The zero-order chi connectivity index (χ0) is 18.8. The maximum atomic E-state index is 6.34. The Hall–Kier alpha value is -2.30. The van der Waals surface area contributed by atoms with Crippen LogP contribution in [0.3, 0.4) is 0 Å². The number of nitrogens with zero attached hydrogens (tertiary/aromatic N) is 2. The van der Waals surface area contributed by atoms with E-state index in [1.54, 1.807) is 14.2 Å². The summed E-state index contributed by atoms with van der Waals surface area (Å²) in [6, 6.07) is 12.3. The molecule has 0 radical (unpaired) electrons. The molecule has 1 aliphatic rings. The van der Waals surface area contributed by atoms with Crippen molar-refractivity contribution in [1.29, 1.82) is 0 Å². The Morgan fingerprint density at radius 2 is 1.67 bits per heavy atom. The van der Waals surface area contributed by atoms with E-state index in [9.17, 15) is 0 Å². The van der Waals surface area contributed by atoms with E-state index in [1.807, 2.05) is 24.4 Å². The Bertz CT molecular complexity index is 939. The van der Waals surface area contributed by atoms with Crippen molar-refractivity contribution >= 4 is 22.5 Å². The molecule has 0 bridgehead atoms. The highest BCUT2D eigenvalue weighted by Crippen LogP contribution is 2.33. The van der Waals surface area contributed by atoms with Gasteiger partial charge < -0.3 is 9.47 Å². The maximum absolute atomic E-state index is 6.34. The fourth-order valence-corrected chi connectivity index (χ4v) is 4.04. The van der Waals surface area contributed by atoms with Gasteiger partial charge in [-0.1, -0.05) is 17.7 Å². The first kappa shape index (κ1) is 18.1. The van der Waals surface area contributed by atoms with Gasteiger partial charge in [-0.2, -0.15) is 0 Å². The molecule has 0 fully saturated rings. The highest BCUT2D eigenvalue weighted by atomic mass is 35.5. The molecule has 0 atom stereocenters. The Kier molecular flexibility index (Phi) is 5.19. The number of hydrogen-bond donors (Lipinski definition) is 0. The number of aromatic nitrogens is 1. The van der Waals surface area contributed by atoms with Crippen molar-refractivity contribution in [3.05, 3.63) is 64.3 Å². The van der Waals surface area contributed by atoms with Crippen LogP contribution < -0.4 is 9.47 Å². The summed E-state index contributed by atoms with van der Waals surface area (Å²) in [6.45, 7) is 2.87. The van der Waals surface area contributed by atoms with Crippen molar-refractivity contribution < 1.29 is 9.47 Å². The summed E-state index contributed by atoms with van der Waals surface area (Å²) >= 11 is 6.34. The Morgan fingerprint density at radius 3 is 2.30 bits per heavy atom. The minimum absolute atomic E-state index is 0.754. The molecule has 4 rings (SSSR count). The lowest BCUT2D eigenvalue weighted by Crippen LogP contribution is -2.26. The van der Waals surface area contributed by atoms with Gasteiger partial charge in [-0.25, -0.2) is 0 Å². The van der Waals surface area contributed by atoms with Crippen LogP contribution in [0.1, 0.15) is 16.7 Å². The molecule has 4 nitrogen and oxygen atoms in total. The van der Waals surface area contributed by atoms with E-state index in [0.29, 0.717) is 0 Å². The van der Waals surface area contributed by atoms with Gasteiger partial charge >= 0.3 is 0 Å². The maximum Gasteiger partial charge on any atom is 0.161 e. The summed E-state index contributed by atoms with van der Waals surface area (Å²) in [5.74, 6) is 1.61. The van der Waals surface area contributed by atoms with Crippen LogP contribution in [0.15, 0.2) is 42.6 Å². The van der Waals surface area contributed by atoms with Gasteiger partial charge in [-0.15, -0.1) is 0 Å². The Morgan fingerprint density at radius 1 is 1.00 bits per heavy atom. The van der Waals surface area contributed by atoms with E-state index >= 15 is 0 Å². The van der Waals surface area contributed by atoms with Crippen LogP contribution in [-0.4, -0.2) is 37.2 Å². The number of fused-ring (bicyclic) bond motifs is 2. The average molecular weight is 383 g/mol. The first-order valence-electron chi connectivity index (χ1n) is 9.18. The second kappa shape index (κ2) is 7.75. The van der Waals surface area contributed by atoms with Crippen LogP contribution in [0.25, 0.3) is 10.9 Å². The lowest BCUT2D eigenvalue weighted by Gasteiger charge is -2.20. The van der Waals surface area contributed by atoms with Crippen LogP contribution in [-0.2, 0) is 19.4 Å². The smallest absolute Gasteiger partial charge is 0.161 e. The first-order chi connectivity index (χ1) is 13.2. The predicted octanol–water partition coefficient (Wildman–Crippen LogP) is 4.51. The normalized spacial score (nSPS) is 14.6. The van der Waals surface area contributed by atoms with Gasteiger partial charge in [0.15, 0.2) is 11.5 Å². The quantitative estimate of drug-likeness (QED) is 0.665. The predicted molar refractivity (Wildman–Crippen MR) is 109 cm³/mol. The van der Waals surface area contributed by atoms with Crippen molar-refractivity contribution in [3.8, 4) is 11.5 Å². The number of halogens is 1. The minimum atomic E-state index is 0.754. The third-order valence-corrected chi connectivity index (χ3v) is 5.62. The standard InChI is InChI=1S/C22H23ClN2O2/c1-26-20-12-15-7-10-25(11-8-16(15)13-21(20)27-2)14-17-5-6-19(23)18-4-3-9-24-22(17)18/h3-6,9,12-13H,7-8,10-11,14H2,1-2H3. The molecule has 0 amide bonds. The fourth-order valence-electron chi connectivity index (χ4n) is 3.82. The van der Waals surface area contributed by atoms with Crippen molar-refractivity contribution in [2.45, 2.75) is 19.4 Å². The largest absolute Gasteiger partial charge is 0.493 e. The fraction of sp³-hybridized carbons (Fsp3) is 0.318. The van der Waals surface area contributed by atoms with Gasteiger partial charge in [-0.05, 0) is 59.9 Å². The first-order valence-corrected chi connectivity index (χ1v) is 9.55. The highest BCUT2D eigenvalue weighted by molar-refractivity contribution is 6.35. The number of rotatable bonds is 4. The molecule has 1 aromatic heterocycles. The highest BCUT2D eigenvalue weighted by Gasteiger charge is 2.18. The molecule has 2 aromatic carbocycles. The molecule has 0 saturated carbocycles. The summed E-state index contributed by atoms with van der Waals surface area (Å²) in [6.07, 6.45) is 3.82. The topological polar surface area (TPSA) is 34.6 Å². The third kappa shape index (κ3) is 3.60. The summed E-state index contributed by atoms with van der Waals surface area (Å²) in [7, 11) is 3.37. The third-order valence-electron chi connectivity index (χ3n) is 5.29. The van der Waals surface area contributed by atoms with Crippen molar-refractivity contribution in [1.82, 2.24) is 9.88 Å². The number of pyridine rings is 1. The SMILES string of the molecule is COc1cc2c(cc1OC)CCN(Cc1ccc(Cl)c3cccnc13)CC2. The molecule has 0 N–H and O–H groups in total. The molecule has 27 heavy (non-hydrogen) atoms. The van der Waals surface area contributed by atoms with Gasteiger partial charge in [0.05, 0.1) is 19.7 Å². The second-order valence-corrected chi connectivity index (χ2v) is 7.27. The van der Waals surface area contributed by atoms with Gasteiger partial charge in [-0.3, -0.25) is 9.88 Å². The van der Waals surface area contributed by atoms with Gasteiger partial charge in [0.25, 0.3) is 0 Å².